The summed E-state index contributed by atoms with van der Waals surface area (Å²) < 4.78 is 0. The molecule has 0 bridgehead atoms. The molecule has 0 nitrogen and oxygen atoms in total. The zero-order valence-corrected chi connectivity index (χ0v) is 11.9. The van der Waals surface area contributed by atoms with E-state index in [1.54, 1.807) is 0 Å². The number of fused-ring (bicyclic) bond motifs is 5. The second-order valence-electron chi connectivity index (χ2n) is 5.27. The normalized spacial score (nSPS) is 11.5. The highest BCUT2D eigenvalue weighted by Crippen LogP contribution is 2.35. The van der Waals surface area contributed by atoms with Gasteiger partial charge in [0.25, 0.3) is 0 Å². The fraction of sp³-hybridized carbons (Fsp3) is 0.0526. The molecule has 0 N–H and O–H groups in total. The minimum absolute atomic E-state index is 0.789. The minimum Gasteiger partial charge on any atom is -0.0843 e. The van der Waals surface area contributed by atoms with Crippen molar-refractivity contribution in [3.63, 3.8) is 0 Å². The van der Waals surface area contributed by atoms with Gasteiger partial charge in [-0.05, 0) is 56.9 Å². The van der Waals surface area contributed by atoms with Gasteiger partial charge in [-0.2, -0.15) is 0 Å². The Morgan fingerprint density at radius 2 is 1.50 bits per heavy atom. The van der Waals surface area contributed by atoms with Crippen LogP contribution in [0.4, 0.5) is 0 Å². The van der Waals surface area contributed by atoms with Gasteiger partial charge in [-0.15, -0.1) is 0 Å². The van der Waals surface area contributed by atoms with Crippen LogP contribution < -0.4 is 0 Å². The van der Waals surface area contributed by atoms with Crippen molar-refractivity contribution in [2.24, 2.45) is 0 Å². The van der Waals surface area contributed by atoms with Crippen LogP contribution in [-0.2, 0) is 0 Å². The molecule has 20 heavy (non-hydrogen) atoms. The molecule has 0 aliphatic rings. The topological polar surface area (TPSA) is 0 Å². The van der Waals surface area contributed by atoms with Gasteiger partial charge in [0, 0.05) is 5.02 Å². The average Bonchev–Trinajstić information content (AvgIpc) is 2.46. The van der Waals surface area contributed by atoms with Gasteiger partial charge in [-0.3, -0.25) is 0 Å². The fourth-order valence-electron chi connectivity index (χ4n) is 3.09. The summed E-state index contributed by atoms with van der Waals surface area (Å²) in [5.74, 6) is 0. The minimum atomic E-state index is 0.789. The van der Waals surface area contributed by atoms with Gasteiger partial charge in [0.1, 0.15) is 0 Å². The van der Waals surface area contributed by atoms with Crippen molar-refractivity contribution in [2.45, 2.75) is 6.92 Å². The summed E-state index contributed by atoms with van der Waals surface area (Å²) in [4.78, 5) is 0. The highest BCUT2D eigenvalue weighted by Gasteiger charge is 2.07. The molecule has 0 aliphatic carbocycles. The lowest BCUT2D eigenvalue weighted by molar-refractivity contribution is 1.56. The molecular weight excluding hydrogens is 264 g/mol. The first-order chi connectivity index (χ1) is 9.74. The standard InChI is InChI=1S/C19H13Cl/c1-12-10-14-7-6-13-4-2-3-5-17(13)19(14)18-11-15(20)8-9-16(12)18/h2-11H,1H3. The Balaban J connectivity index is 2.37. The van der Waals surface area contributed by atoms with E-state index in [0.29, 0.717) is 0 Å². The van der Waals surface area contributed by atoms with Crippen molar-refractivity contribution in [3.8, 4) is 0 Å². The van der Waals surface area contributed by atoms with Crippen LogP contribution in [0.25, 0.3) is 32.3 Å². The first-order valence-electron chi connectivity index (χ1n) is 6.74. The SMILES string of the molecule is Cc1cc2ccc3ccccc3c2c2cc(Cl)ccc12. The van der Waals surface area contributed by atoms with Gasteiger partial charge in [0.15, 0.2) is 0 Å². The van der Waals surface area contributed by atoms with Crippen LogP contribution in [0, 0.1) is 6.92 Å². The molecule has 0 saturated carbocycles. The summed E-state index contributed by atoms with van der Waals surface area (Å²) in [6, 6.07) is 21.3. The van der Waals surface area contributed by atoms with Crippen LogP contribution in [0.1, 0.15) is 5.56 Å². The highest BCUT2D eigenvalue weighted by atomic mass is 35.5. The zero-order chi connectivity index (χ0) is 13.7. The van der Waals surface area contributed by atoms with Crippen LogP contribution in [-0.4, -0.2) is 0 Å². The smallest absolute Gasteiger partial charge is 0.0412 e. The molecule has 4 aromatic rings. The van der Waals surface area contributed by atoms with Crippen molar-refractivity contribution in [1.29, 1.82) is 0 Å². The van der Waals surface area contributed by atoms with Crippen molar-refractivity contribution in [3.05, 3.63) is 71.2 Å². The molecule has 0 aromatic heterocycles. The molecule has 0 spiro atoms. The number of benzene rings is 4. The van der Waals surface area contributed by atoms with Crippen LogP contribution in [0.2, 0.25) is 5.02 Å². The van der Waals surface area contributed by atoms with Crippen LogP contribution in [0.3, 0.4) is 0 Å². The van der Waals surface area contributed by atoms with E-state index in [9.17, 15) is 0 Å². The van der Waals surface area contributed by atoms with Crippen molar-refractivity contribution in [2.75, 3.05) is 0 Å². The predicted molar refractivity (Wildman–Crippen MR) is 88.7 cm³/mol. The molecule has 4 rings (SSSR count). The quantitative estimate of drug-likeness (QED) is 0.340. The van der Waals surface area contributed by atoms with Crippen molar-refractivity contribution < 1.29 is 0 Å². The second-order valence-corrected chi connectivity index (χ2v) is 5.70. The molecule has 0 aliphatic heterocycles. The van der Waals surface area contributed by atoms with Gasteiger partial charge in [-0.25, -0.2) is 0 Å². The third-order valence-electron chi connectivity index (χ3n) is 4.01. The summed E-state index contributed by atoms with van der Waals surface area (Å²) in [5.41, 5.74) is 1.29. The van der Waals surface area contributed by atoms with E-state index < -0.39 is 0 Å². The largest absolute Gasteiger partial charge is 0.0843 e. The summed E-state index contributed by atoms with van der Waals surface area (Å²) in [6.45, 7) is 2.16. The van der Waals surface area contributed by atoms with E-state index >= 15 is 0 Å². The molecule has 0 unspecified atom stereocenters. The first-order valence-corrected chi connectivity index (χ1v) is 7.12. The maximum atomic E-state index is 6.22. The lowest BCUT2D eigenvalue weighted by atomic mass is 9.94. The molecule has 4 aromatic carbocycles. The number of halogens is 1. The van der Waals surface area contributed by atoms with E-state index in [1.165, 1.54) is 37.9 Å². The Morgan fingerprint density at radius 1 is 0.700 bits per heavy atom. The molecule has 0 radical (unpaired) electrons. The third-order valence-corrected chi connectivity index (χ3v) is 4.24. The summed E-state index contributed by atoms with van der Waals surface area (Å²) in [7, 11) is 0. The molecular formula is C19H13Cl. The van der Waals surface area contributed by atoms with E-state index in [1.807, 2.05) is 6.07 Å². The Hall–Kier alpha value is -2.05. The van der Waals surface area contributed by atoms with Gasteiger partial charge < -0.3 is 0 Å². The fourth-order valence-corrected chi connectivity index (χ4v) is 3.26. The summed E-state index contributed by atoms with van der Waals surface area (Å²) in [5, 5.41) is 8.43. The maximum Gasteiger partial charge on any atom is 0.0412 e. The number of rotatable bonds is 0. The molecule has 0 amide bonds. The maximum absolute atomic E-state index is 6.22. The lowest BCUT2D eigenvalue weighted by Crippen LogP contribution is -1.84. The Morgan fingerprint density at radius 3 is 2.40 bits per heavy atom. The zero-order valence-electron chi connectivity index (χ0n) is 11.2. The molecule has 96 valence electrons. The third kappa shape index (κ3) is 1.62. The van der Waals surface area contributed by atoms with Gasteiger partial charge >= 0.3 is 0 Å². The van der Waals surface area contributed by atoms with E-state index in [0.717, 1.165) is 5.02 Å². The lowest BCUT2D eigenvalue weighted by Gasteiger charge is -2.11. The van der Waals surface area contributed by atoms with Crippen LogP contribution in [0.15, 0.2) is 60.7 Å². The number of aryl methyl sites for hydroxylation is 1. The number of hydrogen-bond donors (Lipinski definition) is 0. The van der Waals surface area contributed by atoms with Crippen LogP contribution in [0.5, 0.6) is 0 Å². The van der Waals surface area contributed by atoms with Crippen molar-refractivity contribution in [1.82, 2.24) is 0 Å². The van der Waals surface area contributed by atoms with Gasteiger partial charge in [0.05, 0.1) is 0 Å². The molecule has 0 atom stereocenters. The number of hydrogen-bond acceptors (Lipinski definition) is 0. The van der Waals surface area contributed by atoms with Gasteiger partial charge in [-0.1, -0.05) is 60.1 Å². The summed E-state index contributed by atoms with van der Waals surface area (Å²) in [6.07, 6.45) is 0. The second kappa shape index (κ2) is 4.22. The predicted octanol–water partition coefficient (Wildman–Crippen LogP) is 6.11. The Bertz CT molecular complexity index is 967. The van der Waals surface area contributed by atoms with Crippen molar-refractivity contribution >= 4 is 43.9 Å². The highest BCUT2D eigenvalue weighted by molar-refractivity contribution is 6.32. The average molecular weight is 277 g/mol. The molecule has 0 saturated heterocycles. The Kier molecular flexibility index (Phi) is 2.48. The molecule has 1 heteroatoms. The first kappa shape index (κ1) is 11.7. The van der Waals surface area contributed by atoms with Gasteiger partial charge in [0.2, 0.25) is 0 Å². The Labute approximate surface area is 122 Å². The van der Waals surface area contributed by atoms with E-state index in [2.05, 4.69) is 61.5 Å². The summed E-state index contributed by atoms with van der Waals surface area (Å²) >= 11 is 6.22. The van der Waals surface area contributed by atoms with E-state index in [-0.39, 0.29) is 0 Å². The molecule has 0 heterocycles. The van der Waals surface area contributed by atoms with Crippen LogP contribution >= 0.6 is 11.6 Å². The van der Waals surface area contributed by atoms with E-state index in [4.69, 9.17) is 11.6 Å². The monoisotopic (exact) mass is 276 g/mol. The molecule has 0 fully saturated rings.